The van der Waals surface area contributed by atoms with Gasteiger partial charge >= 0.3 is 5.97 Å². The smallest absolute Gasteiger partial charge is 0.338 e. The first-order chi connectivity index (χ1) is 17.6. The fourth-order valence-electron chi connectivity index (χ4n) is 4.18. The normalized spacial score (nSPS) is 15.5. The molecule has 1 atom stereocenters. The van der Waals surface area contributed by atoms with Crippen LogP contribution in [0, 0.1) is 6.92 Å². The Morgan fingerprint density at radius 3 is 2.54 bits per heavy atom. The number of esters is 1. The number of thiazole rings is 1. The Hall–Kier alpha value is -3.36. The third kappa shape index (κ3) is 5.36. The van der Waals surface area contributed by atoms with E-state index in [0.717, 1.165) is 11.1 Å². The highest BCUT2D eigenvalue weighted by atomic mass is 35.5. The van der Waals surface area contributed by atoms with Gasteiger partial charge in [0.15, 0.2) is 16.3 Å². The molecular formula is C28H29ClN2O5S. The molecule has 0 unspecified atom stereocenters. The van der Waals surface area contributed by atoms with Crippen LogP contribution in [0.25, 0.3) is 6.08 Å². The minimum atomic E-state index is -0.655. The van der Waals surface area contributed by atoms with Crippen LogP contribution >= 0.6 is 22.9 Å². The Morgan fingerprint density at radius 2 is 1.92 bits per heavy atom. The molecule has 2 heterocycles. The van der Waals surface area contributed by atoms with E-state index < -0.39 is 12.0 Å². The van der Waals surface area contributed by atoms with Gasteiger partial charge < -0.3 is 14.2 Å². The quantitative estimate of drug-likeness (QED) is 0.411. The average Bonchev–Trinajstić information content (AvgIpc) is 3.14. The lowest BCUT2D eigenvalue weighted by atomic mass is 9.95. The molecule has 3 aromatic rings. The summed E-state index contributed by atoms with van der Waals surface area (Å²) in [4.78, 5) is 31.9. The number of methoxy groups -OCH3 is 1. The first-order valence-electron chi connectivity index (χ1n) is 11.9. The fraction of sp³-hybridized carbons (Fsp3) is 0.321. The predicted octanol–water partition coefficient (Wildman–Crippen LogP) is 4.56. The molecule has 0 radical (unpaired) electrons. The number of rotatable bonds is 7. The highest BCUT2D eigenvalue weighted by Crippen LogP contribution is 2.37. The van der Waals surface area contributed by atoms with Gasteiger partial charge in [0.05, 0.1) is 46.7 Å². The number of hydrogen-bond acceptors (Lipinski definition) is 7. The van der Waals surface area contributed by atoms with Crippen molar-refractivity contribution in [3.05, 3.63) is 89.1 Å². The zero-order valence-corrected chi connectivity index (χ0v) is 23.2. The molecule has 37 heavy (non-hydrogen) atoms. The number of aromatic nitrogens is 1. The molecule has 194 valence electrons. The number of carbonyl (C=O) groups is 1. The maximum Gasteiger partial charge on any atom is 0.338 e. The average molecular weight is 541 g/mol. The molecule has 0 N–H and O–H groups in total. The van der Waals surface area contributed by atoms with Gasteiger partial charge in [-0.1, -0.05) is 52.8 Å². The second kappa shape index (κ2) is 10.9. The van der Waals surface area contributed by atoms with Crippen LogP contribution in [-0.2, 0) is 9.53 Å². The van der Waals surface area contributed by atoms with Crippen molar-refractivity contribution in [3.8, 4) is 11.5 Å². The van der Waals surface area contributed by atoms with Gasteiger partial charge in [-0.15, -0.1) is 0 Å². The van der Waals surface area contributed by atoms with Crippen molar-refractivity contribution in [2.45, 2.75) is 46.8 Å². The van der Waals surface area contributed by atoms with Crippen LogP contribution in [0.4, 0.5) is 0 Å². The number of hydrogen-bond donors (Lipinski definition) is 0. The molecule has 9 heteroatoms. The standard InChI is InChI=1S/C28H29ClN2O5S/c1-7-35-27(33)23-17(5)30-28-31(24(23)19-10-8-16(4)9-11-19)26(32)22(37-28)14-18-12-20(29)25(36-15(2)3)21(13-18)34-6/h8-15,24H,7H2,1-6H3/b22-14-/t24-/m0/s1. The Balaban J connectivity index is 1.91. The molecular weight excluding hydrogens is 512 g/mol. The summed E-state index contributed by atoms with van der Waals surface area (Å²) in [6, 6.07) is 10.6. The van der Waals surface area contributed by atoms with Crippen molar-refractivity contribution >= 4 is 35.0 Å². The third-order valence-electron chi connectivity index (χ3n) is 5.81. The Morgan fingerprint density at radius 1 is 1.22 bits per heavy atom. The van der Waals surface area contributed by atoms with E-state index in [0.29, 0.717) is 42.7 Å². The van der Waals surface area contributed by atoms with Gasteiger partial charge in [-0.05, 0) is 64.0 Å². The predicted molar refractivity (Wildman–Crippen MR) is 145 cm³/mol. The summed E-state index contributed by atoms with van der Waals surface area (Å²) >= 11 is 7.75. The summed E-state index contributed by atoms with van der Waals surface area (Å²) < 4.78 is 18.7. The largest absolute Gasteiger partial charge is 0.493 e. The van der Waals surface area contributed by atoms with Crippen LogP contribution in [0.15, 0.2) is 57.5 Å². The van der Waals surface area contributed by atoms with Gasteiger partial charge in [0.1, 0.15) is 0 Å². The van der Waals surface area contributed by atoms with E-state index in [1.165, 1.54) is 18.4 Å². The Labute approximate surface area is 224 Å². The second-order valence-corrected chi connectivity index (χ2v) is 10.3. The molecule has 1 aliphatic rings. The minimum absolute atomic E-state index is 0.0838. The molecule has 0 fully saturated rings. The molecule has 0 saturated carbocycles. The fourth-order valence-corrected chi connectivity index (χ4v) is 5.49. The summed E-state index contributed by atoms with van der Waals surface area (Å²) in [6.45, 7) is 9.53. The monoisotopic (exact) mass is 540 g/mol. The number of aryl methyl sites for hydroxylation is 1. The molecule has 0 aliphatic carbocycles. The number of ether oxygens (including phenoxy) is 3. The van der Waals surface area contributed by atoms with Crippen LogP contribution in [0.1, 0.15) is 50.4 Å². The van der Waals surface area contributed by atoms with Crippen LogP contribution in [0.2, 0.25) is 5.02 Å². The highest BCUT2D eigenvalue weighted by molar-refractivity contribution is 7.07. The van der Waals surface area contributed by atoms with E-state index in [1.807, 2.05) is 45.0 Å². The number of nitrogens with zero attached hydrogens (tertiary/aromatic N) is 2. The number of halogens is 1. The van der Waals surface area contributed by atoms with Gasteiger partial charge in [-0.3, -0.25) is 9.36 Å². The van der Waals surface area contributed by atoms with E-state index in [9.17, 15) is 9.59 Å². The Bertz CT molecular complexity index is 1550. The van der Waals surface area contributed by atoms with Crippen molar-refractivity contribution in [3.63, 3.8) is 0 Å². The molecule has 0 saturated heterocycles. The van der Waals surface area contributed by atoms with Gasteiger partial charge in [-0.25, -0.2) is 9.79 Å². The van der Waals surface area contributed by atoms with Gasteiger partial charge in [0.25, 0.3) is 5.56 Å². The first kappa shape index (κ1) is 26.7. The molecule has 2 aromatic carbocycles. The van der Waals surface area contributed by atoms with Gasteiger partial charge in [-0.2, -0.15) is 0 Å². The van der Waals surface area contributed by atoms with Crippen molar-refractivity contribution in [2.75, 3.05) is 13.7 Å². The summed E-state index contributed by atoms with van der Waals surface area (Å²) in [7, 11) is 1.54. The Kier molecular flexibility index (Phi) is 7.90. The molecule has 1 aromatic heterocycles. The lowest BCUT2D eigenvalue weighted by molar-refractivity contribution is -0.139. The van der Waals surface area contributed by atoms with Crippen LogP contribution in [-0.4, -0.2) is 30.4 Å². The second-order valence-electron chi connectivity index (χ2n) is 8.91. The molecule has 7 nitrogen and oxygen atoms in total. The summed E-state index contributed by atoms with van der Waals surface area (Å²) in [5.41, 5.74) is 3.17. The van der Waals surface area contributed by atoms with Crippen LogP contribution in [0.5, 0.6) is 11.5 Å². The summed E-state index contributed by atoms with van der Waals surface area (Å²) in [5.74, 6) is 0.436. The van der Waals surface area contributed by atoms with Crippen molar-refractivity contribution < 1.29 is 19.0 Å². The van der Waals surface area contributed by atoms with E-state index >= 15 is 0 Å². The van der Waals surface area contributed by atoms with Crippen LogP contribution < -0.4 is 24.4 Å². The van der Waals surface area contributed by atoms with Crippen LogP contribution in [0.3, 0.4) is 0 Å². The number of carbonyl (C=O) groups excluding carboxylic acids is 1. The van der Waals surface area contributed by atoms with Crippen molar-refractivity contribution in [1.82, 2.24) is 4.57 Å². The maximum atomic E-state index is 13.8. The number of fused-ring (bicyclic) bond motifs is 1. The minimum Gasteiger partial charge on any atom is -0.493 e. The maximum absolute atomic E-state index is 13.8. The topological polar surface area (TPSA) is 79.1 Å². The van der Waals surface area contributed by atoms with Crippen molar-refractivity contribution in [1.29, 1.82) is 0 Å². The first-order valence-corrected chi connectivity index (χ1v) is 13.1. The number of benzene rings is 2. The third-order valence-corrected chi connectivity index (χ3v) is 7.08. The van der Waals surface area contributed by atoms with Crippen molar-refractivity contribution in [2.24, 2.45) is 4.99 Å². The molecule has 0 spiro atoms. The zero-order chi connectivity index (χ0) is 26.9. The molecule has 4 rings (SSSR count). The zero-order valence-electron chi connectivity index (χ0n) is 21.6. The van der Waals surface area contributed by atoms with Gasteiger partial charge in [0, 0.05) is 0 Å². The van der Waals surface area contributed by atoms with E-state index in [-0.39, 0.29) is 18.3 Å². The summed E-state index contributed by atoms with van der Waals surface area (Å²) in [5, 5.41) is 0.380. The lowest BCUT2D eigenvalue weighted by Gasteiger charge is -2.24. The molecule has 1 aliphatic heterocycles. The van der Waals surface area contributed by atoms with E-state index in [1.54, 1.807) is 36.6 Å². The lowest BCUT2D eigenvalue weighted by Crippen LogP contribution is -2.39. The van der Waals surface area contributed by atoms with E-state index in [4.69, 9.17) is 25.8 Å². The van der Waals surface area contributed by atoms with Gasteiger partial charge in [0.2, 0.25) is 0 Å². The SMILES string of the molecule is CCOC(=O)C1=C(C)N=c2s/c(=C\c3cc(Cl)c(OC(C)C)c(OC)c3)c(=O)n2[C@H]1c1ccc(C)cc1. The molecule has 0 amide bonds. The van der Waals surface area contributed by atoms with E-state index in [2.05, 4.69) is 4.99 Å². The number of allylic oxidation sites excluding steroid dienone is 1. The highest BCUT2D eigenvalue weighted by Gasteiger charge is 2.33. The molecule has 0 bridgehead atoms. The summed E-state index contributed by atoms with van der Waals surface area (Å²) in [6.07, 6.45) is 1.66.